The SMILES string of the molecule is CCOC(=O)C(O)(/C=N/N1CCCC1)C(F)(F)F. The van der Waals surface area contributed by atoms with Crippen LogP contribution in [0.25, 0.3) is 0 Å². The Balaban J connectivity index is 2.86. The number of aliphatic hydroxyl groups is 1. The molecular weight excluding hydrogens is 253 g/mol. The third-order valence-corrected chi connectivity index (χ3v) is 2.51. The van der Waals surface area contributed by atoms with Crippen molar-refractivity contribution in [3.8, 4) is 0 Å². The van der Waals surface area contributed by atoms with Crippen molar-refractivity contribution in [2.45, 2.75) is 31.5 Å². The molecule has 1 aliphatic heterocycles. The standard InChI is InChI=1S/C10H15F3N2O3/c1-2-18-8(16)9(17,10(11,12)13)7-14-15-5-3-4-6-15/h7,17H,2-6H2,1H3/b14-7+. The molecule has 0 saturated carbocycles. The van der Waals surface area contributed by atoms with Gasteiger partial charge in [-0.25, -0.2) is 4.79 Å². The lowest BCUT2D eigenvalue weighted by atomic mass is 10.1. The Morgan fingerprint density at radius 3 is 2.44 bits per heavy atom. The first-order valence-corrected chi connectivity index (χ1v) is 5.57. The number of hydrazone groups is 1. The van der Waals surface area contributed by atoms with E-state index in [-0.39, 0.29) is 12.8 Å². The molecule has 1 atom stereocenters. The van der Waals surface area contributed by atoms with E-state index < -0.39 is 17.7 Å². The molecule has 0 aromatic carbocycles. The fourth-order valence-electron chi connectivity index (χ4n) is 1.46. The first kappa shape index (κ1) is 14.7. The third-order valence-electron chi connectivity index (χ3n) is 2.51. The zero-order valence-corrected chi connectivity index (χ0v) is 9.90. The zero-order chi connectivity index (χ0) is 13.8. The number of esters is 1. The van der Waals surface area contributed by atoms with Crippen molar-refractivity contribution in [2.75, 3.05) is 19.7 Å². The molecule has 0 spiro atoms. The molecule has 1 fully saturated rings. The molecule has 0 amide bonds. The van der Waals surface area contributed by atoms with Crippen LogP contribution >= 0.6 is 0 Å². The quantitative estimate of drug-likeness (QED) is 0.608. The van der Waals surface area contributed by atoms with Gasteiger partial charge < -0.3 is 9.84 Å². The van der Waals surface area contributed by atoms with Gasteiger partial charge in [0.05, 0.1) is 12.8 Å². The highest BCUT2D eigenvalue weighted by molar-refractivity contribution is 5.99. The van der Waals surface area contributed by atoms with E-state index in [4.69, 9.17) is 0 Å². The Bertz CT molecular complexity index is 327. The molecule has 18 heavy (non-hydrogen) atoms. The monoisotopic (exact) mass is 268 g/mol. The average molecular weight is 268 g/mol. The number of carbonyl (C=O) groups excluding carboxylic acids is 1. The van der Waals surface area contributed by atoms with Crippen LogP contribution in [-0.2, 0) is 9.53 Å². The van der Waals surface area contributed by atoms with Gasteiger partial charge in [-0.3, -0.25) is 5.01 Å². The maximum Gasteiger partial charge on any atom is 0.433 e. The van der Waals surface area contributed by atoms with Crippen LogP contribution in [0.4, 0.5) is 13.2 Å². The number of hydrogen-bond acceptors (Lipinski definition) is 5. The molecule has 0 aromatic rings. The van der Waals surface area contributed by atoms with Gasteiger partial charge in [0.25, 0.3) is 5.60 Å². The van der Waals surface area contributed by atoms with Gasteiger partial charge in [0, 0.05) is 13.1 Å². The molecule has 0 aromatic heterocycles. The summed E-state index contributed by atoms with van der Waals surface area (Å²) in [7, 11) is 0. The highest BCUT2D eigenvalue weighted by atomic mass is 19.4. The molecule has 1 N–H and O–H groups in total. The Labute approximate surface area is 102 Å². The van der Waals surface area contributed by atoms with Gasteiger partial charge in [0.15, 0.2) is 0 Å². The topological polar surface area (TPSA) is 62.1 Å². The van der Waals surface area contributed by atoms with Crippen molar-refractivity contribution < 1.29 is 27.8 Å². The molecule has 1 saturated heterocycles. The molecule has 8 heteroatoms. The van der Waals surface area contributed by atoms with Crippen molar-refractivity contribution in [1.29, 1.82) is 0 Å². The summed E-state index contributed by atoms with van der Waals surface area (Å²) in [5, 5.41) is 14.3. The largest absolute Gasteiger partial charge is 0.463 e. The Morgan fingerprint density at radius 2 is 2.00 bits per heavy atom. The molecule has 0 radical (unpaired) electrons. The van der Waals surface area contributed by atoms with Crippen LogP contribution in [-0.4, -0.2) is 53.8 Å². The Kier molecular flexibility index (Phi) is 4.55. The number of hydrogen-bond donors (Lipinski definition) is 1. The number of rotatable bonds is 4. The summed E-state index contributed by atoms with van der Waals surface area (Å²) in [6.07, 6.45) is -3.32. The van der Waals surface area contributed by atoms with Gasteiger partial charge >= 0.3 is 12.1 Å². The molecule has 1 unspecified atom stereocenters. The summed E-state index contributed by atoms with van der Waals surface area (Å²) in [6, 6.07) is 0. The number of halogens is 3. The molecule has 5 nitrogen and oxygen atoms in total. The maximum absolute atomic E-state index is 12.7. The maximum atomic E-state index is 12.7. The lowest BCUT2D eigenvalue weighted by Crippen LogP contribution is -2.54. The van der Waals surface area contributed by atoms with Crippen molar-refractivity contribution in [3.63, 3.8) is 0 Å². The zero-order valence-electron chi connectivity index (χ0n) is 9.90. The van der Waals surface area contributed by atoms with Crippen LogP contribution in [0.1, 0.15) is 19.8 Å². The van der Waals surface area contributed by atoms with E-state index in [2.05, 4.69) is 9.84 Å². The number of ether oxygens (including phenoxy) is 1. The average Bonchev–Trinajstić information content (AvgIpc) is 2.77. The Morgan fingerprint density at radius 1 is 1.44 bits per heavy atom. The van der Waals surface area contributed by atoms with E-state index in [0.29, 0.717) is 13.1 Å². The predicted octanol–water partition coefficient (Wildman–Crippen LogP) is 0.924. The molecule has 1 aliphatic rings. The molecule has 0 aliphatic carbocycles. The first-order chi connectivity index (χ1) is 8.31. The summed E-state index contributed by atoms with van der Waals surface area (Å²) in [4.78, 5) is 11.2. The lowest BCUT2D eigenvalue weighted by Gasteiger charge is -2.24. The minimum absolute atomic E-state index is 0.205. The van der Waals surface area contributed by atoms with E-state index in [1.165, 1.54) is 11.9 Å². The highest BCUT2D eigenvalue weighted by Crippen LogP contribution is 2.30. The third kappa shape index (κ3) is 3.12. The second kappa shape index (κ2) is 5.55. The van der Waals surface area contributed by atoms with E-state index in [9.17, 15) is 23.1 Å². The van der Waals surface area contributed by atoms with Gasteiger partial charge in [-0.15, -0.1) is 0 Å². The smallest absolute Gasteiger partial charge is 0.433 e. The molecule has 104 valence electrons. The van der Waals surface area contributed by atoms with Gasteiger partial charge in [0.1, 0.15) is 0 Å². The van der Waals surface area contributed by atoms with Crippen molar-refractivity contribution >= 4 is 12.2 Å². The summed E-state index contributed by atoms with van der Waals surface area (Å²) in [5.41, 5.74) is -3.69. The van der Waals surface area contributed by atoms with E-state index in [1.807, 2.05) is 0 Å². The fourth-order valence-corrected chi connectivity index (χ4v) is 1.46. The van der Waals surface area contributed by atoms with Gasteiger partial charge in [0.2, 0.25) is 0 Å². The van der Waals surface area contributed by atoms with E-state index in [0.717, 1.165) is 12.8 Å². The predicted molar refractivity (Wildman–Crippen MR) is 56.9 cm³/mol. The molecule has 1 heterocycles. The highest BCUT2D eigenvalue weighted by Gasteiger charge is 2.60. The lowest BCUT2D eigenvalue weighted by molar-refractivity contribution is -0.237. The van der Waals surface area contributed by atoms with Crippen LogP contribution in [0.3, 0.4) is 0 Å². The van der Waals surface area contributed by atoms with Crippen LogP contribution in [0.15, 0.2) is 5.10 Å². The van der Waals surface area contributed by atoms with E-state index in [1.54, 1.807) is 0 Å². The van der Waals surface area contributed by atoms with Gasteiger partial charge in [-0.05, 0) is 19.8 Å². The Hall–Kier alpha value is -1.31. The summed E-state index contributed by atoms with van der Waals surface area (Å²) < 4.78 is 42.3. The normalized spacial score (nSPS) is 20.2. The van der Waals surface area contributed by atoms with Gasteiger partial charge in [-0.1, -0.05) is 0 Å². The summed E-state index contributed by atoms with van der Waals surface area (Å²) in [6.45, 7) is 2.11. The van der Waals surface area contributed by atoms with Gasteiger partial charge in [-0.2, -0.15) is 18.3 Å². The number of nitrogens with zero attached hydrogens (tertiary/aromatic N) is 2. The van der Waals surface area contributed by atoms with Crippen molar-refractivity contribution in [2.24, 2.45) is 5.10 Å². The molecule has 1 rings (SSSR count). The molecule has 0 bridgehead atoms. The van der Waals surface area contributed by atoms with E-state index >= 15 is 0 Å². The number of alkyl halides is 3. The first-order valence-electron chi connectivity index (χ1n) is 5.57. The van der Waals surface area contributed by atoms with Crippen molar-refractivity contribution in [1.82, 2.24) is 5.01 Å². The minimum Gasteiger partial charge on any atom is -0.463 e. The number of carbonyl (C=O) groups is 1. The molecular formula is C10H15F3N2O3. The minimum atomic E-state index is -5.16. The van der Waals surface area contributed by atoms with Crippen LogP contribution in [0.5, 0.6) is 0 Å². The second-order valence-electron chi connectivity index (χ2n) is 3.89. The second-order valence-corrected chi connectivity index (χ2v) is 3.89. The van der Waals surface area contributed by atoms with Crippen LogP contribution < -0.4 is 0 Å². The van der Waals surface area contributed by atoms with Crippen LogP contribution in [0.2, 0.25) is 0 Å². The van der Waals surface area contributed by atoms with Crippen LogP contribution in [0, 0.1) is 0 Å². The fraction of sp³-hybridized carbons (Fsp3) is 0.800. The summed E-state index contributed by atoms with van der Waals surface area (Å²) >= 11 is 0. The van der Waals surface area contributed by atoms with Crippen molar-refractivity contribution in [3.05, 3.63) is 0 Å². The summed E-state index contributed by atoms with van der Waals surface area (Å²) in [5.74, 6) is -1.76.